The SMILES string of the molecule is C=CCc1cc(C)ccc1-n1cccc1. The molecule has 1 heteroatoms. The zero-order chi connectivity index (χ0) is 10.7. The van der Waals surface area contributed by atoms with Gasteiger partial charge in [-0.25, -0.2) is 0 Å². The van der Waals surface area contributed by atoms with Gasteiger partial charge in [-0.2, -0.15) is 0 Å². The maximum Gasteiger partial charge on any atom is 0.0484 e. The van der Waals surface area contributed by atoms with E-state index in [0.29, 0.717) is 0 Å². The van der Waals surface area contributed by atoms with Crippen molar-refractivity contribution in [1.82, 2.24) is 4.57 Å². The Morgan fingerprint density at radius 2 is 2.00 bits per heavy atom. The number of rotatable bonds is 3. The second-order valence-corrected chi connectivity index (χ2v) is 3.72. The zero-order valence-electron chi connectivity index (χ0n) is 8.98. The topological polar surface area (TPSA) is 4.93 Å². The molecule has 1 aromatic carbocycles. The lowest BCUT2D eigenvalue weighted by molar-refractivity contribution is 1.04. The van der Waals surface area contributed by atoms with Gasteiger partial charge in [-0.3, -0.25) is 0 Å². The van der Waals surface area contributed by atoms with Gasteiger partial charge in [0.2, 0.25) is 0 Å². The van der Waals surface area contributed by atoms with E-state index in [0.717, 1.165) is 6.42 Å². The van der Waals surface area contributed by atoms with Crippen molar-refractivity contribution in [1.29, 1.82) is 0 Å². The summed E-state index contributed by atoms with van der Waals surface area (Å²) in [7, 11) is 0. The quantitative estimate of drug-likeness (QED) is 0.663. The molecule has 0 N–H and O–H groups in total. The molecule has 0 saturated carbocycles. The molecule has 0 radical (unpaired) electrons. The Balaban J connectivity index is 2.50. The lowest BCUT2D eigenvalue weighted by atomic mass is 10.1. The van der Waals surface area contributed by atoms with Crippen molar-refractivity contribution in [3.63, 3.8) is 0 Å². The van der Waals surface area contributed by atoms with Crippen molar-refractivity contribution in [3.8, 4) is 5.69 Å². The van der Waals surface area contributed by atoms with E-state index in [2.05, 4.69) is 48.7 Å². The van der Waals surface area contributed by atoms with E-state index in [1.54, 1.807) is 0 Å². The van der Waals surface area contributed by atoms with E-state index in [-0.39, 0.29) is 0 Å². The van der Waals surface area contributed by atoms with Gasteiger partial charge in [-0.05, 0) is 37.1 Å². The lowest BCUT2D eigenvalue weighted by Gasteiger charge is -2.10. The zero-order valence-corrected chi connectivity index (χ0v) is 8.98. The Labute approximate surface area is 90.7 Å². The number of benzene rings is 1. The molecule has 1 nitrogen and oxygen atoms in total. The summed E-state index contributed by atoms with van der Waals surface area (Å²) in [6.07, 6.45) is 6.99. The van der Waals surface area contributed by atoms with E-state index in [1.165, 1.54) is 16.8 Å². The molecule has 0 amide bonds. The summed E-state index contributed by atoms with van der Waals surface area (Å²) < 4.78 is 2.14. The van der Waals surface area contributed by atoms with Gasteiger partial charge in [0.25, 0.3) is 0 Å². The largest absolute Gasteiger partial charge is 0.324 e. The third-order valence-corrected chi connectivity index (χ3v) is 2.48. The molecule has 0 aliphatic heterocycles. The highest BCUT2D eigenvalue weighted by atomic mass is 14.9. The Morgan fingerprint density at radius 3 is 2.67 bits per heavy atom. The first-order valence-corrected chi connectivity index (χ1v) is 5.15. The fourth-order valence-electron chi connectivity index (χ4n) is 1.78. The fourth-order valence-corrected chi connectivity index (χ4v) is 1.78. The Morgan fingerprint density at radius 1 is 1.27 bits per heavy atom. The van der Waals surface area contributed by atoms with Crippen molar-refractivity contribution < 1.29 is 0 Å². The van der Waals surface area contributed by atoms with Gasteiger partial charge in [-0.15, -0.1) is 6.58 Å². The highest BCUT2D eigenvalue weighted by molar-refractivity contribution is 5.44. The van der Waals surface area contributed by atoms with E-state index >= 15 is 0 Å². The van der Waals surface area contributed by atoms with Gasteiger partial charge in [-0.1, -0.05) is 23.8 Å². The van der Waals surface area contributed by atoms with Crippen LogP contribution in [-0.4, -0.2) is 4.57 Å². The predicted octanol–water partition coefficient (Wildman–Crippen LogP) is 3.51. The van der Waals surface area contributed by atoms with Crippen LogP contribution in [0.15, 0.2) is 55.4 Å². The van der Waals surface area contributed by atoms with Crippen LogP contribution in [0.5, 0.6) is 0 Å². The summed E-state index contributed by atoms with van der Waals surface area (Å²) in [4.78, 5) is 0. The fraction of sp³-hybridized carbons (Fsp3) is 0.143. The number of hydrogen-bond acceptors (Lipinski definition) is 0. The molecule has 1 heterocycles. The summed E-state index contributed by atoms with van der Waals surface area (Å²) in [5, 5.41) is 0. The van der Waals surface area contributed by atoms with E-state index in [4.69, 9.17) is 0 Å². The van der Waals surface area contributed by atoms with Crippen LogP contribution in [0.4, 0.5) is 0 Å². The van der Waals surface area contributed by atoms with Crippen LogP contribution >= 0.6 is 0 Å². The van der Waals surface area contributed by atoms with Crippen LogP contribution in [0, 0.1) is 6.92 Å². The first-order valence-electron chi connectivity index (χ1n) is 5.15. The molecule has 0 spiro atoms. The van der Waals surface area contributed by atoms with Crippen molar-refractivity contribution >= 4 is 0 Å². The van der Waals surface area contributed by atoms with Gasteiger partial charge in [0, 0.05) is 18.1 Å². The molecule has 0 fully saturated rings. The molecule has 0 aliphatic rings. The molecule has 0 unspecified atom stereocenters. The number of hydrogen-bond donors (Lipinski definition) is 0. The number of aryl methyl sites for hydroxylation is 1. The standard InChI is InChI=1S/C14H15N/c1-3-6-13-11-12(2)7-8-14(13)15-9-4-5-10-15/h3-5,7-11H,1,6H2,2H3. The lowest BCUT2D eigenvalue weighted by Crippen LogP contribution is -1.96. The average molecular weight is 197 g/mol. The maximum atomic E-state index is 3.80. The van der Waals surface area contributed by atoms with Gasteiger partial charge in [0.1, 0.15) is 0 Å². The number of aromatic nitrogens is 1. The predicted molar refractivity (Wildman–Crippen MR) is 64.4 cm³/mol. The normalized spacial score (nSPS) is 10.2. The summed E-state index contributed by atoms with van der Waals surface area (Å²) in [6, 6.07) is 10.6. The van der Waals surface area contributed by atoms with Gasteiger partial charge in [0.15, 0.2) is 0 Å². The minimum Gasteiger partial charge on any atom is -0.324 e. The van der Waals surface area contributed by atoms with Gasteiger partial charge < -0.3 is 4.57 Å². The van der Waals surface area contributed by atoms with Crippen LogP contribution in [-0.2, 0) is 6.42 Å². The van der Waals surface area contributed by atoms with E-state index < -0.39 is 0 Å². The molecule has 1 aromatic heterocycles. The minimum absolute atomic E-state index is 0.912. The Bertz CT molecular complexity index is 452. The third kappa shape index (κ3) is 2.01. The van der Waals surface area contributed by atoms with Crippen LogP contribution in [0.3, 0.4) is 0 Å². The smallest absolute Gasteiger partial charge is 0.0484 e. The van der Waals surface area contributed by atoms with Crippen LogP contribution in [0.2, 0.25) is 0 Å². The highest BCUT2D eigenvalue weighted by Crippen LogP contribution is 2.17. The molecule has 15 heavy (non-hydrogen) atoms. The number of nitrogens with zero attached hydrogens (tertiary/aromatic N) is 1. The summed E-state index contributed by atoms with van der Waals surface area (Å²) in [5.41, 5.74) is 3.86. The summed E-state index contributed by atoms with van der Waals surface area (Å²) in [5.74, 6) is 0. The van der Waals surface area contributed by atoms with E-state index in [1.807, 2.05) is 18.2 Å². The Hall–Kier alpha value is -1.76. The van der Waals surface area contributed by atoms with Gasteiger partial charge >= 0.3 is 0 Å². The third-order valence-electron chi connectivity index (χ3n) is 2.48. The summed E-state index contributed by atoms with van der Waals surface area (Å²) >= 11 is 0. The van der Waals surface area contributed by atoms with Crippen LogP contribution < -0.4 is 0 Å². The maximum absolute atomic E-state index is 3.80. The molecular formula is C14H15N. The second kappa shape index (κ2) is 4.18. The first kappa shape index (κ1) is 9.78. The molecule has 2 aromatic rings. The van der Waals surface area contributed by atoms with Crippen molar-refractivity contribution in [2.45, 2.75) is 13.3 Å². The van der Waals surface area contributed by atoms with Crippen molar-refractivity contribution in [2.75, 3.05) is 0 Å². The monoisotopic (exact) mass is 197 g/mol. The van der Waals surface area contributed by atoms with Gasteiger partial charge in [0.05, 0.1) is 0 Å². The number of allylic oxidation sites excluding steroid dienone is 1. The van der Waals surface area contributed by atoms with Crippen LogP contribution in [0.1, 0.15) is 11.1 Å². The van der Waals surface area contributed by atoms with Crippen molar-refractivity contribution in [3.05, 3.63) is 66.5 Å². The van der Waals surface area contributed by atoms with E-state index in [9.17, 15) is 0 Å². The molecule has 0 aliphatic carbocycles. The van der Waals surface area contributed by atoms with Crippen molar-refractivity contribution in [2.24, 2.45) is 0 Å². The first-order chi connectivity index (χ1) is 7.31. The molecule has 0 saturated heterocycles. The molecule has 2 rings (SSSR count). The molecular weight excluding hydrogens is 182 g/mol. The average Bonchev–Trinajstić information content (AvgIpc) is 2.71. The summed E-state index contributed by atoms with van der Waals surface area (Å²) in [6.45, 7) is 5.92. The molecule has 0 bridgehead atoms. The van der Waals surface area contributed by atoms with Crippen LogP contribution in [0.25, 0.3) is 5.69 Å². The highest BCUT2D eigenvalue weighted by Gasteiger charge is 2.02. The second-order valence-electron chi connectivity index (χ2n) is 3.72. The Kier molecular flexibility index (Phi) is 2.72. The molecule has 76 valence electrons. The minimum atomic E-state index is 0.912. The molecule has 0 atom stereocenters.